The maximum absolute atomic E-state index is 12.4. The van der Waals surface area contributed by atoms with Crippen molar-refractivity contribution in [3.8, 4) is 0 Å². The van der Waals surface area contributed by atoms with Crippen LogP contribution in [0.2, 0.25) is 5.02 Å². The summed E-state index contributed by atoms with van der Waals surface area (Å²) in [7, 11) is 0. The summed E-state index contributed by atoms with van der Waals surface area (Å²) in [5.41, 5.74) is 3.00. The summed E-state index contributed by atoms with van der Waals surface area (Å²) < 4.78 is 5.07. The Hall–Kier alpha value is -3.58. The Balaban J connectivity index is 1.61. The normalized spacial score (nSPS) is 10.4. The first-order valence-corrected chi connectivity index (χ1v) is 9.51. The van der Waals surface area contributed by atoms with Gasteiger partial charge in [-0.1, -0.05) is 23.7 Å². The first-order chi connectivity index (χ1) is 14.3. The second-order valence-electron chi connectivity index (χ2n) is 6.68. The number of nitrogens with one attached hydrogen (secondary N) is 3. The fraction of sp³-hybridized carbons (Fsp3) is 0.136. The van der Waals surface area contributed by atoms with Crippen LogP contribution in [0.15, 0.2) is 59.2 Å². The third-order valence-electron chi connectivity index (χ3n) is 4.30. The molecule has 7 nitrogen and oxygen atoms in total. The van der Waals surface area contributed by atoms with Crippen LogP contribution in [-0.4, -0.2) is 24.3 Å². The van der Waals surface area contributed by atoms with Crippen LogP contribution in [0, 0.1) is 13.8 Å². The summed E-state index contributed by atoms with van der Waals surface area (Å²) in [5.74, 6) is -1.12. The highest BCUT2D eigenvalue weighted by molar-refractivity contribution is 6.33. The molecule has 3 amide bonds. The van der Waals surface area contributed by atoms with E-state index in [4.69, 9.17) is 16.0 Å². The summed E-state index contributed by atoms with van der Waals surface area (Å²) in [6, 6.07) is 13.3. The Labute approximate surface area is 178 Å². The predicted molar refractivity (Wildman–Crippen MR) is 115 cm³/mol. The van der Waals surface area contributed by atoms with E-state index in [-0.39, 0.29) is 12.3 Å². The van der Waals surface area contributed by atoms with Crippen LogP contribution in [0.4, 0.5) is 11.4 Å². The molecule has 3 rings (SSSR count). The molecule has 0 aliphatic rings. The fourth-order valence-corrected chi connectivity index (χ4v) is 2.95. The van der Waals surface area contributed by atoms with Crippen LogP contribution >= 0.6 is 11.6 Å². The zero-order valence-corrected chi connectivity index (χ0v) is 17.2. The Kier molecular flexibility index (Phi) is 6.54. The first kappa shape index (κ1) is 21.1. The molecule has 2 aromatic carbocycles. The summed E-state index contributed by atoms with van der Waals surface area (Å²) in [4.78, 5) is 36.8. The lowest BCUT2D eigenvalue weighted by Gasteiger charge is -2.11. The number of hydrogen-bond acceptors (Lipinski definition) is 4. The Morgan fingerprint density at radius 3 is 2.43 bits per heavy atom. The van der Waals surface area contributed by atoms with Gasteiger partial charge in [-0.05, 0) is 61.4 Å². The number of carbonyl (C=O) groups excluding carboxylic acids is 3. The van der Waals surface area contributed by atoms with Crippen molar-refractivity contribution in [3.05, 3.63) is 82.3 Å². The molecule has 0 aliphatic carbocycles. The SMILES string of the molecule is Cc1ccc(NC(=O)CNC(=O)c2ccc(C)c(NC(=O)c3ccco3)c2)c(Cl)c1. The average molecular weight is 426 g/mol. The standard InChI is InChI=1S/C22H20ClN3O4/c1-13-5-8-17(16(23)10-13)25-20(27)12-24-21(28)15-7-6-14(2)18(11-15)26-22(29)19-4-3-9-30-19/h3-11H,12H2,1-2H3,(H,24,28)(H,25,27)(H,26,29). The molecule has 1 aromatic heterocycles. The highest BCUT2D eigenvalue weighted by Gasteiger charge is 2.14. The summed E-state index contributed by atoms with van der Waals surface area (Å²) in [6.45, 7) is 3.47. The molecule has 0 bridgehead atoms. The van der Waals surface area contributed by atoms with Crippen LogP contribution in [0.3, 0.4) is 0 Å². The van der Waals surface area contributed by atoms with Gasteiger partial charge in [0.15, 0.2) is 5.76 Å². The van der Waals surface area contributed by atoms with Gasteiger partial charge >= 0.3 is 0 Å². The number of rotatable bonds is 6. The molecule has 0 aliphatic heterocycles. The van der Waals surface area contributed by atoms with Gasteiger partial charge in [-0.3, -0.25) is 14.4 Å². The van der Waals surface area contributed by atoms with E-state index in [0.29, 0.717) is 22.0 Å². The zero-order valence-electron chi connectivity index (χ0n) is 16.4. The van der Waals surface area contributed by atoms with Gasteiger partial charge in [-0.25, -0.2) is 0 Å². The van der Waals surface area contributed by atoms with E-state index >= 15 is 0 Å². The largest absolute Gasteiger partial charge is 0.459 e. The highest BCUT2D eigenvalue weighted by atomic mass is 35.5. The van der Waals surface area contributed by atoms with Gasteiger partial charge in [-0.2, -0.15) is 0 Å². The fourth-order valence-electron chi connectivity index (χ4n) is 2.67. The Bertz CT molecular complexity index is 1090. The van der Waals surface area contributed by atoms with E-state index in [2.05, 4.69) is 16.0 Å². The van der Waals surface area contributed by atoms with Gasteiger partial charge in [0.1, 0.15) is 0 Å². The average Bonchev–Trinajstić information content (AvgIpc) is 3.25. The van der Waals surface area contributed by atoms with Crippen molar-refractivity contribution in [2.24, 2.45) is 0 Å². The zero-order chi connectivity index (χ0) is 21.7. The molecule has 0 spiro atoms. The molecule has 0 unspecified atom stereocenters. The van der Waals surface area contributed by atoms with Crippen LogP contribution < -0.4 is 16.0 Å². The van der Waals surface area contributed by atoms with Crippen molar-refractivity contribution in [2.45, 2.75) is 13.8 Å². The third-order valence-corrected chi connectivity index (χ3v) is 4.61. The van der Waals surface area contributed by atoms with Crippen molar-refractivity contribution in [3.63, 3.8) is 0 Å². The van der Waals surface area contributed by atoms with Gasteiger partial charge < -0.3 is 20.4 Å². The Morgan fingerprint density at radius 2 is 1.73 bits per heavy atom. The van der Waals surface area contributed by atoms with E-state index in [0.717, 1.165) is 11.1 Å². The second kappa shape index (κ2) is 9.28. The number of anilines is 2. The minimum Gasteiger partial charge on any atom is -0.459 e. The van der Waals surface area contributed by atoms with Gasteiger partial charge in [0.2, 0.25) is 5.91 Å². The topological polar surface area (TPSA) is 100 Å². The van der Waals surface area contributed by atoms with Crippen molar-refractivity contribution >= 4 is 40.7 Å². The number of aryl methyl sites for hydroxylation is 2. The van der Waals surface area contributed by atoms with Gasteiger partial charge in [0.25, 0.3) is 11.8 Å². The molecule has 30 heavy (non-hydrogen) atoms. The molecular weight excluding hydrogens is 406 g/mol. The lowest BCUT2D eigenvalue weighted by Crippen LogP contribution is -2.33. The van der Waals surface area contributed by atoms with Crippen molar-refractivity contribution in [2.75, 3.05) is 17.2 Å². The molecule has 0 fully saturated rings. The van der Waals surface area contributed by atoms with E-state index in [1.807, 2.05) is 13.0 Å². The number of benzene rings is 2. The summed E-state index contributed by atoms with van der Waals surface area (Å²) in [6.07, 6.45) is 1.40. The van der Waals surface area contributed by atoms with Gasteiger partial charge in [0.05, 0.1) is 23.5 Å². The minimum absolute atomic E-state index is 0.163. The smallest absolute Gasteiger partial charge is 0.291 e. The van der Waals surface area contributed by atoms with Crippen LogP contribution in [0.1, 0.15) is 32.0 Å². The molecular formula is C22H20ClN3O4. The summed E-state index contributed by atoms with van der Waals surface area (Å²) in [5, 5.41) is 8.34. The molecule has 3 aromatic rings. The molecule has 0 radical (unpaired) electrons. The summed E-state index contributed by atoms with van der Waals surface area (Å²) >= 11 is 6.10. The maximum Gasteiger partial charge on any atom is 0.291 e. The van der Waals surface area contributed by atoms with Crippen LogP contribution in [-0.2, 0) is 4.79 Å². The predicted octanol–water partition coefficient (Wildman–Crippen LogP) is 4.17. The first-order valence-electron chi connectivity index (χ1n) is 9.13. The van der Waals surface area contributed by atoms with Crippen LogP contribution in [0.25, 0.3) is 0 Å². The lowest BCUT2D eigenvalue weighted by molar-refractivity contribution is -0.115. The molecule has 0 saturated carbocycles. The van der Waals surface area contributed by atoms with E-state index < -0.39 is 17.7 Å². The minimum atomic E-state index is -0.450. The molecule has 154 valence electrons. The molecule has 3 N–H and O–H groups in total. The van der Waals surface area contributed by atoms with Gasteiger partial charge in [-0.15, -0.1) is 0 Å². The second-order valence-corrected chi connectivity index (χ2v) is 7.08. The van der Waals surface area contributed by atoms with Crippen LogP contribution in [0.5, 0.6) is 0 Å². The van der Waals surface area contributed by atoms with Crippen molar-refractivity contribution in [1.29, 1.82) is 0 Å². The molecule has 0 saturated heterocycles. The number of amides is 3. The highest BCUT2D eigenvalue weighted by Crippen LogP contribution is 2.22. The number of halogens is 1. The molecule has 0 atom stereocenters. The maximum atomic E-state index is 12.4. The van der Waals surface area contributed by atoms with Crippen molar-refractivity contribution in [1.82, 2.24) is 5.32 Å². The third kappa shape index (κ3) is 5.27. The number of carbonyl (C=O) groups is 3. The number of hydrogen-bond donors (Lipinski definition) is 3. The molecule has 1 heterocycles. The molecule has 8 heteroatoms. The number of furan rings is 1. The van der Waals surface area contributed by atoms with E-state index in [9.17, 15) is 14.4 Å². The lowest BCUT2D eigenvalue weighted by atomic mass is 10.1. The van der Waals surface area contributed by atoms with E-state index in [1.54, 1.807) is 49.4 Å². The van der Waals surface area contributed by atoms with E-state index in [1.165, 1.54) is 6.26 Å². The Morgan fingerprint density at radius 1 is 0.933 bits per heavy atom. The quantitative estimate of drug-likeness (QED) is 0.551. The van der Waals surface area contributed by atoms with Crippen molar-refractivity contribution < 1.29 is 18.8 Å². The van der Waals surface area contributed by atoms with Gasteiger partial charge in [0, 0.05) is 11.3 Å². The monoisotopic (exact) mass is 425 g/mol.